The van der Waals surface area contributed by atoms with Crippen LogP contribution in [0.4, 0.5) is 0 Å². The third-order valence-corrected chi connectivity index (χ3v) is 5.79. The van der Waals surface area contributed by atoms with Crippen LogP contribution in [-0.4, -0.2) is 20.6 Å². The minimum Gasteiger partial charge on any atom is -0.423 e. The maximum absolute atomic E-state index is 12.2. The number of hydrazone groups is 1. The van der Waals surface area contributed by atoms with Gasteiger partial charge in [-0.05, 0) is 72.3 Å². The summed E-state index contributed by atoms with van der Waals surface area (Å²) in [6, 6.07) is 16.4. The van der Waals surface area contributed by atoms with Crippen molar-refractivity contribution in [2.45, 2.75) is 4.90 Å². The first kappa shape index (κ1) is 22.1. The Labute approximate surface area is 188 Å². The summed E-state index contributed by atoms with van der Waals surface area (Å²) in [5, 5.41) is 4.76. The highest BCUT2D eigenvalue weighted by atomic mass is 35.5. The van der Waals surface area contributed by atoms with E-state index in [4.69, 9.17) is 39.5 Å². The van der Waals surface area contributed by atoms with Crippen LogP contribution in [0.3, 0.4) is 0 Å². The Kier molecular flexibility index (Phi) is 6.99. The summed E-state index contributed by atoms with van der Waals surface area (Å²) in [4.78, 5) is 14.4. The van der Waals surface area contributed by atoms with Crippen LogP contribution < -0.4 is 9.57 Å². The molecule has 0 aliphatic heterocycles. The average Bonchev–Trinajstić information content (AvgIpc) is 2.69. The van der Waals surface area contributed by atoms with Crippen LogP contribution in [0.25, 0.3) is 0 Å². The minimum atomic E-state index is -3.81. The Hall–Kier alpha value is -2.58. The van der Waals surface area contributed by atoms with Crippen molar-refractivity contribution in [3.05, 3.63) is 92.9 Å². The monoisotopic (exact) mass is 482 g/mol. The molecule has 0 amide bonds. The van der Waals surface area contributed by atoms with Crippen LogP contribution in [0.2, 0.25) is 15.1 Å². The highest BCUT2D eigenvalue weighted by Crippen LogP contribution is 2.23. The minimum absolute atomic E-state index is 0.0344. The first-order valence-corrected chi connectivity index (χ1v) is 10.9. The van der Waals surface area contributed by atoms with E-state index in [0.717, 1.165) is 0 Å². The van der Waals surface area contributed by atoms with Crippen molar-refractivity contribution >= 4 is 57.0 Å². The number of carbonyl (C=O) groups is 1. The largest absolute Gasteiger partial charge is 0.423 e. The first-order chi connectivity index (χ1) is 14.2. The second-order valence-electron chi connectivity index (χ2n) is 5.89. The quantitative estimate of drug-likeness (QED) is 0.227. The third-order valence-electron chi connectivity index (χ3n) is 3.75. The predicted molar refractivity (Wildman–Crippen MR) is 117 cm³/mol. The third kappa shape index (κ3) is 5.73. The highest BCUT2D eigenvalue weighted by Gasteiger charge is 2.14. The molecule has 0 atom stereocenters. The standard InChI is InChI=1S/C20H13Cl3N2O4S/c21-14-3-8-17(9-4-14)30(27,28)25-24-12-13-1-6-16(7-2-13)29-20(26)18-10-5-15(22)11-19(18)23/h1-12,25H/b24-12-. The molecule has 30 heavy (non-hydrogen) atoms. The Morgan fingerprint density at radius 3 is 2.17 bits per heavy atom. The summed E-state index contributed by atoms with van der Waals surface area (Å²) in [6.07, 6.45) is 1.31. The molecule has 0 aliphatic carbocycles. The molecular formula is C20H13Cl3N2O4S. The number of ether oxygens (including phenoxy) is 1. The topological polar surface area (TPSA) is 84.8 Å². The van der Waals surface area contributed by atoms with Gasteiger partial charge < -0.3 is 4.74 Å². The second kappa shape index (κ2) is 9.49. The molecule has 3 aromatic carbocycles. The zero-order valence-electron chi connectivity index (χ0n) is 15.1. The van der Waals surface area contributed by atoms with Crippen molar-refractivity contribution in [1.82, 2.24) is 4.83 Å². The number of halogens is 3. The Morgan fingerprint density at radius 1 is 0.900 bits per heavy atom. The molecule has 0 unspecified atom stereocenters. The number of sulfonamides is 1. The fourth-order valence-corrected chi connectivity index (χ4v) is 3.68. The molecule has 0 bridgehead atoms. The van der Waals surface area contributed by atoms with E-state index in [1.165, 1.54) is 60.8 Å². The van der Waals surface area contributed by atoms with E-state index < -0.39 is 16.0 Å². The summed E-state index contributed by atoms with van der Waals surface area (Å²) in [7, 11) is -3.81. The molecule has 0 saturated heterocycles. The van der Waals surface area contributed by atoms with Gasteiger partial charge in [0.15, 0.2) is 0 Å². The molecule has 3 rings (SSSR count). The van der Waals surface area contributed by atoms with E-state index in [2.05, 4.69) is 9.93 Å². The van der Waals surface area contributed by atoms with Crippen molar-refractivity contribution in [3.8, 4) is 5.75 Å². The van der Waals surface area contributed by atoms with Crippen LogP contribution in [0.1, 0.15) is 15.9 Å². The summed E-state index contributed by atoms with van der Waals surface area (Å²) < 4.78 is 29.6. The summed E-state index contributed by atoms with van der Waals surface area (Å²) in [5.74, 6) is -0.348. The fraction of sp³-hybridized carbons (Fsp3) is 0. The predicted octanol–water partition coefficient (Wildman–Crippen LogP) is 5.18. The van der Waals surface area contributed by atoms with E-state index in [1.807, 2.05) is 0 Å². The summed E-state index contributed by atoms with van der Waals surface area (Å²) in [6.45, 7) is 0. The summed E-state index contributed by atoms with van der Waals surface area (Å²) in [5.41, 5.74) is 0.765. The van der Waals surface area contributed by atoms with E-state index >= 15 is 0 Å². The molecule has 0 fully saturated rings. The van der Waals surface area contributed by atoms with E-state index in [-0.39, 0.29) is 21.2 Å². The molecule has 0 heterocycles. The molecule has 6 nitrogen and oxygen atoms in total. The van der Waals surface area contributed by atoms with Crippen LogP contribution in [-0.2, 0) is 10.0 Å². The number of hydrogen-bond donors (Lipinski definition) is 1. The van der Waals surface area contributed by atoms with Crippen LogP contribution in [0, 0.1) is 0 Å². The molecule has 0 spiro atoms. The number of nitrogens with one attached hydrogen (secondary N) is 1. The zero-order valence-corrected chi connectivity index (χ0v) is 18.1. The van der Waals surface area contributed by atoms with E-state index in [1.54, 1.807) is 12.1 Å². The zero-order chi connectivity index (χ0) is 21.7. The average molecular weight is 484 g/mol. The van der Waals surface area contributed by atoms with Gasteiger partial charge >= 0.3 is 5.97 Å². The number of carbonyl (C=O) groups excluding carboxylic acids is 1. The lowest BCUT2D eigenvalue weighted by Gasteiger charge is -2.06. The first-order valence-electron chi connectivity index (χ1n) is 8.32. The van der Waals surface area contributed by atoms with Gasteiger partial charge in [0.25, 0.3) is 10.0 Å². The van der Waals surface area contributed by atoms with Crippen molar-refractivity contribution in [2.75, 3.05) is 0 Å². The molecule has 0 aromatic heterocycles. The molecule has 3 aromatic rings. The lowest BCUT2D eigenvalue weighted by atomic mass is 10.2. The van der Waals surface area contributed by atoms with E-state index in [9.17, 15) is 13.2 Å². The lowest BCUT2D eigenvalue weighted by Crippen LogP contribution is -2.18. The molecule has 1 N–H and O–H groups in total. The van der Waals surface area contributed by atoms with Gasteiger partial charge in [0.2, 0.25) is 0 Å². The lowest BCUT2D eigenvalue weighted by molar-refractivity contribution is 0.0735. The second-order valence-corrected chi connectivity index (χ2v) is 8.83. The normalized spacial score (nSPS) is 11.4. The Morgan fingerprint density at radius 2 is 1.53 bits per heavy atom. The molecule has 0 saturated carbocycles. The SMILES string of the molecule is O=C(Oc1ccc(/C=N\NS(=O)(=O)c2ccc(Cl)cc2)cc1)c1ccc(Cl)cc1Cl. The van der Waals surface area contributed by atoms with Crippen LogP contribution >= 0.6 is 34.8 Å². The van der Waals surface area contributed by atoms with E-state index in [0.29, 0.717) is 15.6 Å². The number of benzene rings is 3. The van der Waals surface area contributed by atoms with Gasteiger partial charge in [-0.1, -0.05) is 34.8 Å². The number of rotatable bonds is 6. The van der Waals surface area contributed by atoms with Gasteiger partial charge in [0.05, 0.1) is 21.7 Å². The van der Waals surface area contributed by atoms with Crippen molar-refractivity contribution in [3.63, 3.8) is 0 Å². The molecular weight excluding hydrogens is 471 g/mol. The number of esters is 1. The fourth-order valence-electron chi connectivity index (χ4n) is 2.28. The Bertz CT molecular complexity index is 1200. The Balaban J connectivity index is 1.62. The van der Waals surface area contributed by atoms with Gasteiger partial charge in [0.1, 0.15) is 5.75 Å². The number of nitrogens with zero attached hydrogens (tertiary/aromatic N) is 1. The van der Waals surface area contributed by atoms with Crippen molar-refractivity contribution < 1.29 is 17.9 Å². The van der Waals surface area contributed by atoms with Gasteiger partial charge in [-0.15, -0.1) is 0 Å². The van der Waals surface area contributed by atoms with Gasteiger partial charge in [0, 0.05) is 10.0 Å². The van der Waals surface area contributed by atoms with Gasteiger partial charge in [-0.2, -0.15) is 13.5 Å². The molecule has 10 heteroatoms. The van der Waals surface area contributed by atoms with Gasteiger partial charge in [-0.3, -0.25) is 0 Å². The highest BCUT2D eigenvalue weighted by molar-refractivity contribution is 7.89. The maximum Gasteiger partial charge on any atom is 0.345 e. The molecule has 0 radical (unpaired) electrons. The smallest absolute Gasteiger partial charge is 0.345 e. The molecule has 0 aliphatic rings. The number of hydrogen-bond acceptors (Lipinski definition) is 5. The van der Waals surface area contributed by atoms with Crippen molar-refractivity contribution in [2.24, 2.45) is 5.10 Å². The summed E-state index contributed by atoms with van der Waals surface area (Å²) >= 11 is 17.6. The molecule has 154 valence electrons. The van der Waals surface area contributed by atoms with Crippen LogP contribution in [0.15, 0.2) is 76.7 Å². The van der Waals surface area contributed by atoms with Crippen LogP contribution in [0.5, 0.6) is 5.75 Å². The van der Waals surface area contributed by atoms with Crippen molar-refractivity contribution in [1.29, 1.82) is 0 Å². The van der Waals surface area contributed by atoms with Gasteiger partial charge in [-0.25, -0.2) is 9.63 Å². The maximum atomic E-state index is 12.2.